The van der Waals surface area contributed by atoms with Gasteiger partial charge >= 0.3 is 0 Å². The van der Waals surface area contributed by atoms with Crippen LogP contribution in [0, 0.1) is 6.92 Å². The SMILES string of the molecule is Cc1cc2c3c(c1)N(c1cc(C(C)(C)C)cc(C(C)(C)C)c1)c1c(oc4cc5c(cc14)C(C)(C)CCC5(C)C)B3c1cc3c(cc1N2c1ccc2c(c1)C(C)(C)CCC2(C)C)C(C)(C)CCC3(C)C. The number of furan rings is 1. The Bertz CT molecular complexity index is 3140. The smallest absolute Gasteiger partial charge is 0.297 e. The van der Waals surface area contributed by atoms with Crippen molar-refractivity contribution in [1.82, 2.24) is 0 Å². The van der Waals surface area contributed by atoms with Crippen LogP contribution in [-0.4, -0.2) is 6.71 Å². The number of anilines is 6. The number of hydrogen-bond donors (Lipinski definition) is 0. The third kappa shape index (κ3) is 6.93. The van der Waals surface area contributed by atoms with E-state index in [0.717, 1.165) is 30.5 Å². The van der Waals surface area contributed by atoms with Gasteiger partial charge in [-0.1, -0.05) is 143 Å². The van der Waals surface area contributed by atoms with Crippen LogP contribution in [0.25, 0.3) is 11.0 Å². The fraction of sp³-hybridized carbons (Fsp3) is 0.508. The molecule has 0 fully saturated rings. The Balaban J connectivity index is 1.30. The zero-order valence-corrected chi connectivity index (χ0v) is 46.1. The molecule has 0 saturated carbocycles. The summed E-state index contributed by atoms with van der Waals surface area (Å²) in [6.07, 6.45) is 7.03. The van der Waals surface area contributed by atoms with E-state index in [4.69, 9.17) is 4.42 Å². The van der Waals surface area contributed by atoms with E-state index < -0.39 is 0 Å². The van der Waals surface area contributed by atoms with Crippen LogP contribution in [0.1, 0.15) is 213 Å². The van der Waals surface area contributed by atoms with Crippen LogP contribution in [0.2, 0.25) is 0 Å². The zero-order valence-electron chi connectivity index (χ0n) is 46.1. The average Bonchev–Trinajstić information content (AvgIpc) is 3.62. The predicted molar refractivity (Wildman–Crippen MR) is 298 cm³/mol. The van der Waals surface area contributed by atoms with Crippen LogP contribution in [0.3, 0.4) is 0 Å². The molecule has 3 heterocycles. The minimum atomic E-state index is -0.106. The van der Waals surface area contributed by atoms with E-state index in [1.165, 1.54) is 120 Å². The molecule has 0 spiro atoms. The van der Waals surface area contributed by atoms with Gasteiger partial charge in [0.1, 0.15) is 5.58 Å². The molecule has 3 aliphatic carbocycles. The second kappa shape index (κ2) is 14.3. The van der Waals surface area contributed by atoms with Crippen LogP contribution in [0.15, 0.2) is 77.2 Å². The highest BCUT2D eigenvalue weighted by atomic mass is 16.3. The molecule has 1 aromatic heterocycles. The maximum absolute atomic E-state index is 7.74. The second-order valence-electron chi connectivity index (χ2n) is 28.8. The first-order valence-corrected chi connectivity index (χ1v) is 26.7. The van der Waals surface area contributed by atoms with E-state index in [-0.39, 0.29) is 50.0 Å². The van der Waals surface area contributed by atoms with Crippen LogP contribution in [0.5, 0.6) is 0 Å². The molecule has 0 N–H and O–H groups in total. The molecule has 360 valence electrons. The van der Waals surface area contributed by atoms with E-state index in [0.29, 0.717) is 0 Å². The lowest BCUT2D eigenvalue weighted by molar-refractivity contribution is 0.332. The highest BCUT2D eigenvalue weighted by Crippen LogP contribution is 2.55. The molecule has 0 saturated heterocycles. The Morgan fingerprint density at radius 1 is 0.449 bits per heavy atom. The van der Waals surface area contributed by atoms with Gasteiger partial charge in [0.25, 0.3) is 6.71 Å². The standard InChI is InChI=1S/C65H81BN2O/c1-38-28-52-55-53(29-38)68(42-31-39(58(2,3)4)30-40(32-42)59(5,6)7)56-43-34-46-49(65(18,19)27-24-62(46,12)13)37-54(43)69-57(56)66(55)50-35-47-48(64(16,17)26-25-63(47,14)15)36-51(50)67(52)41-20-21-44-45(33-41)61(10,11)23-22-60(44,8)9/h20-21,28-37H,22-27H2,1-19H3. The fourth-order valence-corrected chi connectivity index (χ4v) is 13.6. The first-order chi connectivity index (χ1) is 31.8. The van der Waals surface area contributed by atoms with E-state index in [9.17, 15) is 0 Å². The molecule has 0 atom stereocenters. The van der Waals surface area contributed by atoms with Gasteiger partial charge in [0.15, 0.2) is 0 Å². The highest BCUT2D eigenvalue weighted by Gasteiger charge is 2.50. The van der Waals surface area contributed by atoms with E-state index >= 15 is 0 Å². The molecule has 0 radical (unpaired) electrons. The van der Waals surface area contributed by atoms with Crippen molar-refractivity contribution in [3.63, 3.8) is 0 Å². The van der Waals surface area contributed by atoms with Gasteiger partial charge in [-0.25, -0.2) is 0 Å². The first kappa shape index (κ1) is 46.7. The summed E-state index contributed by atoms with van der Waals surface area (Å²) in [5.41, 5.74) is 25.4. The van der Waals surface area contributed by atoms with Crippen molar-refractivity contribution >= 4 is 68.4 Å². The van der Waals surface area contributed by atoms with Crippen molar-refractivity contribution in [2.75, 3.05) is 9.80 Å². The summed E-state index contributed by atoms with van der Waals surface area (Å²) in [4.78, 5) is 5.35. The van der Waals surface area contributed by atoms with Crippen molar-refractivity contribution in [2.24, 2.45) is 0 Å². The summed E-state index contributed by atoms with van der Waals surface area (Å²) in [5.74, 6) is 0. The molecule has 3 nitrogen and oxygen atoms in total. The van der Waals surface area contributed by atoms with Gasteiger partial charge in [-0.2, -0.15) is 0 Å². The normalized spacial score (nSPS) is 20.9. The lowest BCUT2D eigenvalue weighted by Crippen LogP contribution is -2.61. The lowest BCUT2D eigenvalue weighted by Gasteiger charge is -2.47. The van der Waals surface area contributed by atoms with Crippen molar-refractivity contribution in [1.29, 1.82) is 0 Å². The van der Waals surface area contributed by atoms with E-state index in [1.54, 1.807) is 0 Å². The fourth-order valence-electron chi connectivity index (χ4n) is 13.6. The summed E-state index contributed by atoms with van der Waals surface area (Å²) >= 11 is 0. The maximum atomic E-state index is 7.74. The molecule has 0 bridgehead atoms. The number of fused-ring (bicyclic) bond motifs is 9. The van der Waals surface area contributed by atoms with Crippen LogP contribution < -0.4 is 26.4 Å². The maximum Gasteiger partial charge on any atom is 0.297 e. The number of aryl methyl sites for hydroxylation is 1. The molecule has 0 amide bonds. The zero-order chi connectivity index (χ0) is 49.7. The Labute approximate surface area is 416 Å². The first-order valence-electron chi connectivity index (χ1n) is 26.7. The van der Waals surface area contributed by atoms with Crippen LogP contribution in [0.4, 0.5) is 34.1 Å². The predicted octanol–water partition coefficient (Wildman–Crippen LogP) is 16.5. The van der Waals surface area contributed by atoms with Crippen LogP contribution in [-0.2, 0) is 43.3 Å². The molecule has 6 aromatic rings. The third-order valence-corrected chi connectivity index (χ3v) is 18.8. The molecular weight excluding hydrogens is 836 g/mol. The molecule has 2 aliphatic heterocycles. The summed E-state index contributed by atoms with van der Waals surface area (Å²) in [5, 5.41) is 1.23. The average molecular weight is 917 g/mol. The van der Waals surface area contributed by atoms with Gasteiger partial charge in [0.2, 0.25) is 0 Å². The molecule has 11 rings (SSSR count). The molecule has 4 heteroatoms. The van der Waals surface area contributed by atoms with Crippen LogP contribution >= 0.6 is 0 Å². The van der Waals surface area contributed by atoms with E-state index in [2.05, 4.69) is 214 Å². The lowest BCUT2D eigenvalue weighted by atomic mass is 9.35. The number of benzene rings is 5. The minimum absolute atomic E-state index is 0.0346. The molecule has 0 unspecified atom stereocenters. The van der Waals surface area contributed by atoms with Crippen molar-refractivity contribution in [3.8, 4) is 0 Å². The van der Waals surface area contributed by atoms with Gasteiger partial charge in [-0.3, -0.25) is 0 Å². The molecule has 5 aromatic carbocycles. The number of rotatable bonds is 2. The number of nitrogens with zero attached hydrogens (tertiary/aromatic N) is 2. The summed E-state index contributed by atoms with van der Waals surface area (Å²) in [6, 6.07) is 30.4. The van der Waals surface area contributed by atoms with Crippen molar-refractivity contribution < 1.29 is 4.42 Å². The summed E-state index contributed by atoms with van der Waals surface area (Å²) in [6.45, 7) is 46.0. The minimum Gasteiger partial charge on any atom is -0.468 e. The highest BCUT2D eigenvalue weighted by molar-refractivity contribution is 7.00. The topological polar surface area (TPSA) is 19.6 Å². The van der Waals surface area contributed by atoms with Gasteiger partial charge in [-0.15, -0.1) is 0 Å². The second-order valence-corrected chi connectivity index (χ2v) is 28.8. The summed E-state index contributed by atoms with van der Waals surface area (Å²) in [7, 11) is 0. The van der Waals surface area contributed by atoms with Gasteiger partial charge in [0, 0.05) is 33.8 Å². The van der Waals surface area contributed by atoms with E-state index in [1.807, 2.05) is 0 Å². The number of hydrogen-bond acceptors (Lipinski definition) is 3. The Morgan fingerprint density at radius 3 is 1.42 bits per heavy atom. The quantitative estimate of drug-likeness (QED) is 0.161. The molecule has 69 heavy (non-hydrogen) atoms. The Kier molecular flexibility index (Phi) is 9.64. The third-order valence-electron chi connectivity index (χ3n) is 18.8. The van der Waals surface area contributed by atoms with Crippen molar-refractivity contribution in [3.05, 3.63) is 123 Å². The molecular formula is C65H81BN2O. The van der Waals surface area contributed by atoms with Gasteiger partial charge in [-0.05, 0) is 204 Å². The van der Waals surface area contributed by atoms with Gasteiger partial charge < -0.3 is 14.2 Å². The Hall–Kier alpha value is -4.70. The summed E-state index contributed by atoms with van der Waals surface area (Å²) < 4.78 is 7.74. The van der Waals surface area contributed by atoms with Gasteiger partial charge in [0.05, 0.1) is 11.3 Å². The monoisotopic (exact) mass is 917 g/mol. The Morgan fingerprint density at radius 2 is 0.899 bits per heavy atom. The van der Waals surface area contributed by atoms with Crippen molar-refractivity contribution in [2.45, 2.75) is 213 Å². The largest absolute Gasteiger partial charge is 0.468 e. The molecule has 5 aliphatic rings.